The van der Waals surface area contributed by atoms with Gasteiger partial charge in [-0.15, -0.1) is 0 Å². The van der Waals surface area contributed by atoms with Crippen LogP contribution in [0.1, 0.15) is 5.56 Å². The minimum Gasteiger partial charge on any atom is -0.496 e. The van der Waals surface area contributed by atoms with Gasteiger partial charge in [0.2, 0.25) is 10.0 Å². The molecule has 1 aliphatic rings. The van der Waals surface area contributed by atoms with Crippen molar-refractivity contribution >= 4 is 22.1 Å². The van der Waals surface area contributed by atoms with Crippen LogP contribution in [-0.2, 0) is 10.0 Å². The number of hydrogen-bond donors (Lipinski definition) is 1. The van der Waals surface area contributed by atoms with Crippen molar-refractivity contribution in [2.24, 2.45) is 0 Å². The molecule has 1 aromatic rings. The van der Waals surface area contributed by atoms with E-state index in [-0.39, 0.29) is 6.03 Å². The van der Waals surface area contributed by atoms with E-state index < -0.39 is 10.0 Å². The van der Waals surface area contributed by atoms with Gasteiger partial charge in [-0.1, -0.05) is 18.2 Å². The molecule has 1 N–H and O–H groups in total. The predicted molar refractivity (Wildman–Crippen MR) is 88.5 cm³/mol. The van der Waals surface area contributed by atoms with Crippen LogP contribution in [0.15, 0.2) is 30.5 Å². The van der Waals surface area contributed by atoms with Crippen molar-refractivity contribution < 1.29 is 17.9 Å². The lowest BCUT2D eigenvalue weighted by molar-refractivity contribution is 0.176. The SMILES string of the molecule is COc1ccccc1/C=C/NC(=O)N1CCN(S(C)(=O)=O)CC1. The zero-order chi connectivity index (χ0) is 16.9. The Kier molecular flexibility index (Phi) is 5.62. The first-order valence-corrected chi connectivity index (χ1v) is 9.07. The highest BCUT2D eigenvalue weighted by molar-refractivity contribution is 7.88. The molecule has 1 aromatic carbocycles. The Bertz CT molecular complexity index is 680. The maximum absolute atomic E-state index is 12.1. The Labute approximate surface area is 136 Å². The fourth-order valence-electron chi connectivity index (χ4n) is 2.32. The van der Waals surface area contributed by atoms with Crippen LogP contribution >= 0.6 is 0 Å². The zero-order valence-corrected chi connectivity index (χ0v) is 14.0. The second-order valence-electron chi connectivity index (χ2n) is 5.17. The molecule has 0 aromatic heterocycles. The molecule has 7 nitrogen and oxygen atoms in total. The van der Waals surface area contributed by atoms with Gasteiger partial charge in [0.1, 0.15) is 5.75 Å². The molecule has 2 rings (SSSR count). The van der Waals surface area contributed by atoms with Gasteiger partial charge in [0.05, 0.1) is 13.4 Å². The van der Waals surface area contributed by atoms with Gasteiger partial charge in [-0.2, -0.15) is 4.31 Å². The highest BCUT2D eigenvalue weighted by Gasteiger charge is 2.25. The van der Waals surface area contributed by atoms with Gasteiger partial charge in [0, 0.05) is 37.9 Å². The first-order valence-electron chi connectivity index (χ1n) is 7.22. The molecule has 1 aliphatic heterocycles. The predicted octanol–water partition coefficient (Wildman–Crippen LogP) is 0.953. The molecule has 0 aliphatic carbocycles. The lowest BCUT2D eigenvalue weighted by Gasteiger charge is -2.32. The summed E-state index contributed by atoms with van der Waals surface area (Å²) in [6.07, 6.45) is 4.49. The van der Waals surface area contributed by atoms with Crippen molar-refractivity contribution in [3.63, 3.8) is 0 Å². The summed E-state index contributed by atoms with van der Waals surface area (Å²) in [6.45, 7) is 1.40. The molecule has 1 heterocycles. The number of urea groups is 1. The van der Waals surface area contributed by atoms with Crippen LogP contribution in [0.4, 0.5) is 4.79 Å². The van der Waals surface area contributed by atoms with E-state index in [1.165, 1.54) is 10.6 Å². The third-order valence-electron chi connectivity index (χ3n) is 3.60. The van der Waals surface area contributed by atoms with E-state index in [0.717, 1.165) is 11.3 Å². The Morgan fingerprint density at radius 2 is 1.87 bits per heavy atom. The lowest BCUT2D eigenvalue weighted by Crippen LogP contribution is -2.52. The number of amides is 2. The number of benzene rings is 1. The van der Waals surface area contributed by atoms with Crippen molar-refractivity contribution in [1.82, 2.24) is 14.5 Å². The standard InChI is InChI=1S/C15H21N3O4S/c1-22-14-6-4-3-5-13(14)7-8-16-15(19)17-9-11-18(12-10-17)23(2,20)21/h3-8H,9-12H2,1-2H3,(H,16,19)/b8-7+. The molecule has 2 amide bonds. The van der Waals surface area contributed by atoms with Gasteiger partial charge in [0.25, 0.3) is 0 Å². The summed E-state index contributed by atoms with van der Waals surface area (Å²) in [5, 5.41) is 2.69. The van der Waals surface area contributed by atoms with Gasteiger partial charge in [-0.3, -0.25) is 0 Å². The molecule has 23 heavy (non-hydrogen) atoms. The summed E-state index contributed by atoms with van der Waals surface area (Å²) >= 11 is 0. The second-order valence-corrected chi connectivity index (χ2v) is 7.16. The monoisotopic (exact) mass is 339 g/mol. The fraction of sp³-hybridized carbons (Fsp3) is 0.400. The maximum atomic E-state index is 12.1. The third-order valence-corrected chi connectivity index (χ3v) is 4.91. The normalized spacial score (nSPS) is 16.5. The van der Waals surface area contributed by atoms with Crippen molar-refractivity contribution in [2.75, 3.05) is 39.5 Å². The van der Waals surface area contributed by atoms with Crippen molar-refractivity contribution in [3.05, 3.63) is 36.0 Å². The Hall–Kier alpha value is -2.06. The maximum Gasteiger partial charge on any atom is 0.321 e. The van der Waals surface area contributed by atoms with E-state index in [0.29, 0.717) is 26.2 Å². The number of hydrogen-bond acceptors (Lipinski definition) is 4. The smallest absolute Gasteiger partial charge is 0.321 e. The van der Waals surface area contributed by atoms with Crippen LogP contribution in [0, 0.1) is 0 Å². The van der Waals surface area contributed by atoms with Gasteiger partial charge in [0.15, 0.2) is 0 Å². The van der Waals surface area contributed by atoms with E-state index >= 15 is 0 Å². The van der Waals surface area contributed by atoms with Crippen molar-refractivity contribution in [3.8, 4) is 5.75 Å². The number of nitrogens with zero attached hydrogens (tertiary/aromatic N) is 2. The zero-order valence-electron chi connectivity index (χ0n) is 13.2. The number of nitrogens with one attached hydrogen (secondary N) is 1. The number of rotatable bonds is 4. The average molecular weight is 339 g/mol. The van der Waals surface area contributed by atoms with Crippen molar-refractivity contribution in [2.45, 2.75) is 0 Å². The molecule has 0 saturated carbocycles. The van der Waals surface area contributed by atoms with Crippen molar-refractivity contribution in [1.29, 1.82) is 0 Å². The summed E-state index contributed by atoms with van der Waals surface area (Å²) in [6, 6.07) is 7.23. The largest absolute Gasteiger partial charge is 0.496 e. The van der Waals surface area contributed by atoms with Crippen LogP contribution in [0.3, 0.4) is 0 Å². The summed E-state index contributed by atoms with van der Waals surface area (Å²) in [5.41, 5.74) is 0.859. The summed E-state index contributed by atoms with van der Waals surface area (Å²) in [5.74, 6) is 0.722. The molecule has 0 radical (unpaired) electrons. The van der Waals surface area contributed by atoms with Crippen LogP contribution in [0.25, 0.3) is 6.08 Å². The first kappa shape index (κ1) is 17.3. The number of carbonyl (C=O) groups is 1. The summed E-state index contributed by atoms with van der Waals surface area (Å²) < 4.78 is 29.5. The van der Waals surface area contributed by atoms with Crippen LogP contribution in [-0.4, -0.2) is 63.2 Å². The number of para-hydroxylation sites is 1. The fourth-order valence-corrected chi connectivity index (χ4v) is 3.15. The molecule has 1 fully saturated rings. The van der Waals surface area contributed by atoms with Gasteiger partial charge < -0.3 is 15.0 Å². The minimum atomic E-state index is -3.19. The van der Waals surface area contributed by atoms with E-state index in [9.17, 15) is 13.2 Å². The summed E-state index contributed by atoms with van der Waals surface area (Å²) in [7, 11) is -1.60. The number of carbonyl (C=O) groups excluding carboxylic acids is 1. The van der Waals surface area contributed by atoms with E-state index in [1.807, 2.05) is 24.3 Å². The molecule has 0 spiro atoms. The topological polar surface area (TPSA) is 79.0 Å². The van der Waals surface area contributed by atoms with E-state index in [1.54, 1.807) is 24.3 Å². The van der Waals surface area contributed by atoms with Gasteiger partial charge in [-0.05, 0) is 12.1 Å². The molecule has 0 bridgehead atoms. The highest BCUT2D eigenvalue weighted by atomic mass is 32.2. The average Bonchev–Trinajstić information content (AvgIpc) is 2.54. The Morgan fingerprint density at radius 1 is 1.22 bits per heavy atom. The second kappa shape index (κ2) is 7.47. The molecular formula is C15H21N3O4S. The lowest BCUT2D eigenvalue weighted by atomic mass is 10.2. The van der Waals surface area contributed by atoms with Gasteiger partial charge in [-0.25, -0.2) is 13.2 Å². The third kappa shape index (κ3) is 4.70. The molecule has 1 saturated heterocycles. The number of methoxy groups -OCH3 is 1. The van der Waals surface area contributed by atoms with Gasteiger partial charge >= 0.3 is 6.03 Å². The number of ether oxygens (including phenoxy) is 1. The number of piperazine rings is 1. The highest BCUT2D eigenvalue weighted by Crippen LogP contribution is 2.18. The van der Waals surface area contributed by atoms with Crippen LogP contribution in [0.2, 0.25) is 0 Å². The molecular weight excluding hydrogens is 318 g/mol. The molecule has 0 unspecified atom stereocenters. The summed E-state index contributed by atoms with van der Waals surface area (Å²) in [4.78, 5) is 13.7. The quantitative estimate of drug-likeness (QED) is 0.886. The van der Waals surface area contributed by atoms with Crippen LogP contribution in [0.5, 0.6) is 5.75 Å². The van der Waals surface area contributed by atoms with E-state index in [4.69, 9.17) is 4.74 Å². The minimum absolute atomic E-state index is 0.246. The number of sulfonamides is 1. The Balaban J connectivity index is 1.87. The van der Waals surface area contributed by atoms with Crippen LogP contribution < -0.4 is 10.1 Å². The molecule has 0 atom stereocenters. The molecule has 126 valence electrons. The first-order chi connectivity index (χ1) is 10.9. The Morgan fingerprint density at radius 3 is 2.48 bits per heavy atom. The molecule has 8 heteroatoms. The van der Waals surface area contributed by atoms with E-state index in [2.05, 4.69) is 5.32 Å².